The zero-order valence-corrected chi connectivity index (χ0v) is 14.0. The van der Waals surface area contributed by atoms with Crippen molar-refractivity contribution in [3.8, 4) is 5.75 Å². The fraction of sp³-hybridized carbons (Fsp3) is 0.571. The van der Waals surface area contributed by atoms with Crippen molar-refractivity contribution in [2.75, 3.05) is 26.0 Å². The molecule has 6 heteroatoms. The highest BCUT2D eigenvalue weighted by atomic mass is 79.9. The molecule has 1 aliphatic heterocycles. The number of halogens is 1. The molecule has 1 fully saturated rings. The molecule has 0 amide bonds. The normalized spacial score (nSPS) is 20.8. The van der Waals surface area contributed by atoms with E-state index in [1.165, 1.54) is 11.8 Å². The van der Waals surface area contributed by atoms with E-state index in [1.807, 2.05) is 24.3 Å². The van der Waals surface area contributed by atoms with Gasteiger partial charge in [0.15, 0.2) is 0 Å². The molecule has 1 heterocycles. The smallest absolute Gasteiger partial charge is 0.211 e. The third kappa shape index (κ3) is 4.46. The Labute approximate surface area is 129 Å². The van der Waals surface area contributed by atoms with Crippen molar-refractivity contribution in [3.63, 3.8) is 0 Å². The van der Waals surface area contributed by atoms with Crippen LogP contribution in [0, 0.1) is 5.92 Å². The molecule has 1 unspecified atom stereocenters. The fourth-order valence-electron chi connectivity index (χ4n) is 2.40. The molecular weight excluding hydrogens is 342 g/mol. The molecule has 20 heavy (non-hydrogen) atoms. The van der Waals surface area contributed by atoms with Gasteiger partial charge in [0.1, 0.15) is 5.75 Å². The first kappa shape index (κ1) is 15.8. The Balaban J connectivity index is 1.90. The zero-order valence-electron chi connectivity index (χ0n) is 11.6. The van der Waals surface area contributed by atoms with Gasteiger partial charge in [0, 0.05) is 24.3 Å². The summed E-state index contributed by atoms with van der Waals surface area (Å²) in [7, 11) is -3.08. The van der Waals surface area contributed by atoms with Crippen molar-refractivity contribution in [1.82, 2.24) is 4.31 Å². The summed E-state index contributed by atoms with van der Waals surface area (Å²) in [6.07, 6.45) is 3.20. The van der Waals surface area contributed by atoms with Gasteiger partial charge in [-0.2, -0.15) is 0 Å². The molecule has 0 aromatic heterocycles. The van der Waals surface area contributed by atoms with Crippen LogP contribution in [-0.4, -0.2) is 38.7 Å². The molecule has 112 valence electrons. The van der Waals surface area contributed by atoms with E-state index in [9.17, 15) is 8.42 Å². The van der Waals surface area contributed by atoms with Crippen molar-refractivity contribution < 1.29 is 13.2 Å². The molecule has 0 bridgehead atoms. The minimum Gasteiger partial charge on any atom is -0.493 e. The molecule has 1 aromatic carbocycles. The second kappa shape index (κ2) is 6.91. The summed E-state index contributed by atoms with van der Waals surface area (Å²) in [6.45, 7) is 1.77. The minimum absolute atomic E-state index is 0.270. The Morgan fingerprint density at radius 1 is 1.45 bits per heavy atom. The summed E-state index contributed by atoms with van der Waals surface area (Å²) in [6, 6.07) is 7.94. The molecule has 1 aromatic rings. The van der Waals surface area contributed by atoms with Crippen molar-refractivity contribution in [1.29, 1.82) is 0 Å². The number of hydrogen-bond acceptors (Lipinski definition) is 3. The topological polar surface area (TPSA) is 46.6 Å². The highest BCUT2D eigenvalue weighted by molar-refractivity contribution is 9.08. The first-order chi connectivity index (χ1) is 9.49. The lowest BCUT2D eigenvalue weighted by atomic mass is 10.0. The molecule has 1 saturated heterocycles. The molecule has 2 rings (SSSR count). The van der Waals surface area contributed by atoms with Crippen molar-refractivity contribution in [2.45, 2.75) is 18.2 Å². The van der Waals surface area contributed by atoms with E-state index in [0.29, 0.717) is 19.7 Å². The van der Waals surface area contributed by atoms with E-state index < -0.39 is 10.0 Å². The number of hydrogen-bond donors (Lipinski definition) is 0. The van der Waals surface area contributed by atoms with Gasteiger partial charge in [0.2, 0.25) is 10.0 Å². The summed E-state index contributed by atoms with van der Waals surface area (Å²) in [5.74, 6) is 1.12. The van der Waals surface area contributed by atoms with Crippen LogP contribution >= 0.6 is 15.9 Å². The van der Waals surface area contributed by atoms with Crippen molar-refractivity contribution in [2.24, 2.45) is 5.92 Å². The maximum Gasteiger partial charge on any atom is 0.211 e. The van der Waals surface area contributed by atoms with Crippen LogP contribution in [0.5, 0.6) is 5.75 Å². The van der Waals surface area contributed by atoms with Gasteiger partial charge in [0.05, 0.1) is 12.9 Å². The minimum atomic E-state index is -3.08. The predicted octanol–water partition coefficient (Wildman–Crippen LogP) is 2.63. The van der Waals surface area contributed by atoms with Crippen LogP contribution in [0.15, 0.2) is 24.3 Å². The number of nitrogens with zero attached hydrogens (tertiary/aromatic N) is 1. The molecule has 0 spiro atoms. The third-order valence-corrected chi connectivity index (χ3v) is 5.41. The quantitative estimate of drug-likeness (QED) is 0.757. The molecule has 1 atom stereocenters. The van der Waals surface area contributed by atoms with Gasteiger partial charge in [-0.05, 0) is 30.5 Å². The van der Waals surface area contributed by atoms with E-state index in [-0.39, 0.29) is 5.92 Å². The van der Waals surface area contributed by atoms with Crippen LogP contribution in [0.2, 0.25) is 0 Å². The van der Waals surface area contributed by atoms with E-state index in [4.69, 9.17) is 4.74 Å². The molecule has 4 nitrogen and oxygen atoms in total. The predicted molar refractivity (Wildman–Crippen MR) is 83.7 cm³/mol. The van der Waals surface area contributed by atoms with Crippen LogP contribution in [0.4, 0.5) is 0 Å². The fourth-order valence-corrected chi connectivity index (χ4v) is 3.69. The van der Waals surface area contributed by atoms with Crippen LogP contribution in [0.1, 0.15) is 18.4 Å². The Bertz CT molecular complexity index is 547. The first-order valence-corrected chi connectivity index (χ1v) is 9.69. The standard InChI is InChI=1S/C14H20BrNO3S/c1-20(17,18)16-7-3-5-13(10-16)11-19-14-6-2-4-12(8-14)9-15/h2,4,6,8,13H,3,5,7,9-11H2,1H3. The van der Waals surface area contributed by atoms with Gasteiger partial charge in [0.25, 0.3) is 0 Å². The van der Waals surface area contributed by atoms with Crippen LogP contribution in [0.3, 0.4) is 0 Å². The van der Waals surface area contributed by atoms with Crippen LogP contribution in [0.25, 0.3) is 0 Å². The third-order valence-electron chi connectivity index (χ3n) is 3.49. The maximum absolute atomic E-state index is 11.6. The lowest BCUT2D eigenvalue weighted by Gasteiger charge is -2.30. The Morgan fingerprint density at radius 2 is 2.25 bits per heavy atom. The summed E-state index contributed by atoms with van der Waals surface area (Å²) in [5.41, 5.74) is 1.17. The monoisotopic (exact) mass is 361 g/mol. The van der Waals surface area contributed by atoms with Crippen LogP contribution in [-0.2, 0) is 15.4 Å². The number of alkyl halides is 1. The largest absolute Gasteiger partial charge is 0.493 e. The maximum atomic E-state index is 11.6. The first-order valence-electron chi connectivity index (χ1n) is 6.72. The average molecular weight is 362 g/mol. The zero-order chi connectivity index (χ0) is 14.6. The molecule has 0 saturated carbocycles. The second-order valence-electron chi connectivity index (χ2n) is 5.22. The molecule has 0 radical (unpaired) electrons. The summed E-state index contributed by atoms with van der Waals surface area (Å²) >= 11 is 3.42. The van der Waals surface area contributed by atoms with Gasteiger partial charge < -0.3 is 4.74 Å². The SMILES string of the molecule is CS(=O)(=O)N1CCCC(COc2cccc(CBr)c2)C1. The summed E-state index contributed by atoms with van der Waals surface area (Å²) in [5, 5.41) is 0.801. The molecule has 0 aliphatic carbocycles. The van der Waals surface area contributed by atoms with Gasteiger partial charge >= 0.3 is 0 Å². The molecular formula is C14H20BrNO3S. The number of ether oxygens (including phenoxy) is 1. The summed E-state index contributed by atoms with van der Waals surface area (Å²) in [4.78, 5) is 0. The average Bonchev–Trinajstić information content (AvgIpc) is 2.45. The van der Waals surface area contributed by atoms with Crippen molar-refractivity contribution >= 4 is 26.0 Å². The van der Waals surface area contributed by atoms with Gasteiger partial charge in [-0.15, -0.1) is 0 Å². The lowest BCUT2D eigenvalue weighted by Crippen LogP contribution is -2.40. The molecule has 1 aliphatic rings. The number of sulfonamides is 1. The number of rotatable bonds is 5. The second-order valence-corrected chi connectivity index (χ2v) is 7.76. The number of benzene rings is 1. The van der Waals surface area contributed by atoms with Crippen molar-refractivity contribution in [3.05, 3.63) is 29.8 Å². The van der Waals surface area contributed by atoms with Crippen LogP contribution < -0.4 is 4.74 Å². The van der Waals surface area contributed by atoms with E-state index >= 15 is 0 Å². The molecule has 0 N–H and O–H groups in total. The van der Waals surface area contributed by atoms with E-state index in [0.717, 1.165) is 23.9 Å². The highest BCUT2D eigenvalue weighted by Gasteiger charge is 2.26. The van der Waals surface area contributed by atoms with Gasteiger partial charge in [-0.25, -0.2) is 12.7 Å². The Morgan fingerprint density at radius 3 is 2.95 bits per heavy atom. The van der Waals surface area contributed by atoms with Gasteiger partial charge in [-0.1, -0.05) is 28.1 Å². The Hall–Kier alpha value is -0.590. The lowest BCUT2D eigenvalue weighted by molar-refractivity contribution is 0.180. The van der Waals surface area contributed by atoms with Gasteiger partial charge in [-0.3, -0.25) is 0 Å². The van der Waals surface area contributed by atoms with E-state index in [1.54, 1.807) is 4.31 Å². The number of piperidine rings is 1. The Kier molecular flexibility index (Phi) is 5.46. The van der Waals surface area contributed by atoms with E-state index in [2.05, 4.69) is 15.9 Å². The highest BCUT2D eigenvalue weighted by Crippen LogP contribution is 2.21. The summed E-state index contributed by atoms with van der Waals surface area (Å²) < 4.78 is 30.5.